The zero-order chi connectivity index (χ0) is 17.2. The van der Waals surface area contributed by atoms with Crippen molar-refractivity contribution in [2.45, 2.75) is 51.6 Å². The maximum absolute atomic E-state index is 12.4. The number of alkyl halides is 3. The molecule has 0 aliphatic carbocycles. The average molecular weight is 350 g/mol. The first-order valence-corrected chi connectivity index (χ1v) is 8.33. The van der Waals surface area contributed by atoms with Crippen molar-refractivity contribution in [2.24, 2.45) is 0 Å². The highest BCUT2D eigenvalue weighted by molar-refractivity contribution is 7.46. The molecule has 0 radical (unpaired) electrons. The van der Waals surface area contributed by atoms with Crippen LogP contribution >= 0.6 is 7.82 Å². The molecule has 22 heavy (non-hydrogen) atoms. The number of phosphoric acid groups is 1. The van der Waals surface area contributed by atoms with Gasteiger partial charge in [-0.2, -0.15) is 13.2 Å². The first-order valence-electron chi connectivity index (χ1n) is 6.80. The van der Waals surface area contributed by atoms with E-state index in [-0.39, 0.29) is 23.5 Å². The molecule has 11 heteroatoms. The maximum atomic E-state index is 12.4. The van der Waals surface area contributed by atoms with Crippen molar-refractivity contribution in [1.29, 1.82) is 0 Å². The fourth-order valence-electron chi connectivity index (χ4n) is 2.93. The second-order valence-corrected chi connectivity index (χ2v) is 6.40. The van der Waals surface area contributed by atoms with Gasteiger partial charge in [0.05, 0.1) is 12.6 Å². The van der Waals surface area contributed by atoms with Crippen LogP contribution in [0.4, 0.5) is 13.2 Å². The standard InChI is InChI=1S/C11H19F3NO6P/c1-3-8-5-6-9(21-10(16)11(12,13)14)15(8,4-2)7-20-22(17,18)19/h8-9H,3-7H2,1-2H3,(H-,17,18,19)/p+1. The van der Waals surface area contributed by atoms with Gasteiger partial charge < -0.3 is 14.5 Å². The van der Waals surface area contributed by atoms with Gasteiger partial charge in [0.2, 0.25) is 6.23 Å². The van der Waals surface area contributed by atoms with E-state index in [1.165, 1.54) is 0 Å². The number of ether oxygens (including phenoxy) is 1. The molecule has 3 atom stereocenters. The normalized spacial score (nSPS) is 29.6. The van der Waals surface area contributed by atoms with Gasteiger partial charge in [0.25, 0.3) is 0 Å². The van der Waals surface area contributed by atoms with E-state index in [1.54, 1.807) is 13.8 Å². The zero-order valence-corrected chi connectivity index (χ0v) is 13.1. The summed E-state index contributed by atoms with van der Waals surface area (Å²) in [4.78, 5) is 28.7. The summed E-state index contributed by atoms with van der Waals surface area (Å²) in [5, 5.41) is 0. The molecule has 7 nitrogen and oxygen atoms in total. The van der Waals surface area contributed by atoms with Crippen LogP contribution in [0.25, 0.3) is 0 Å². The summed E-state index contributed by atoms with van der Waals surface area (Å²) in [7, 11) is -4.78. The fourth-order valence-corrected chi connectivity index (χ4v) is 3.30. The Morgan fingerprint density at radius 2 is 1.91 bits per heavy atom. The lowest BCUT2D eigenvalue weighted by atomic mass is 10.1. The van der Waals surface area contributed by atoms with Gasteiger partial charge in [-0.05, 0) is 13.3 Å². The van der Waals surface area contributed by atoms with E-state index in [0.717, 1.165) is 0 Å². The molecule has 1 aliphatic heterocycles. The summed E-state index contributed by atoms with van der Waals surface area (Å²) in [6, 6.07) is -0.206. The largest absolute Gasteiger partial charge is 0.491 e. The first-order chi connectivity index (χ1) is 9.96. The van der Waals surface area contributed by atoms with Gasteiger partial charge in [-0.1, -0.05) is 6.92 Å². The molecule has 1 fully saturated rings. The molecular weight excluding hydrogens is 330 g/mol. The summed E-state index contributed by atoms with van der Waals surface area (Å²) < 4.78 is 56.8. The molecule has 0 aromatic carbocycles. The van der Waals surface area contributed by atoms with Crippen molar-refractivity contribution in [1.82, 2.24) is 0 Å². The van der Waals surface area contributed by atoms with Crippen LogP contribution in [0.3, 0.4) is 0 Å². The van der Waals surface area contributed by atoms with E-state index in [9.17, 15) is 22.5 Å². The maximum Gasteiger partial charge on any atom is 0.491 e. The van der Waals surface area contributed by atoms with Crippen LogP contribution in [-0.4, -0.2) is 52.0 Å². The molecule has 1 rings (SSSR count). The Morgan fingerprint density at radius 3 is 2.32 bits per heavy atom. The molecule has 1 heterocycles. The number of hydrogen-bond acceptors (Lipinski definition) is 4. The lowest BCUT2D eigenvalue weighted by Crippen LogP contribution is -2.59. The van der Waals surface area contributed by atoms with E-state index in [0.29, 0.717) is 12.8 Å². The molecular formula is C11H20F3NO6P+. The predicted octanol–water partition coefficient (Wildman–Crippen LogP) is 1.89. The van der Waals surface area contributed by atoms with Gasteiger partial charge >= 0.3 is 20.0 Å². The smallest absolute Gasteiger partial charge is 0.406 e. The van der Waals surface area contributed by atoms with Crippen molar-refractivity contribution < 1.29 is 46.1 Å². The highest BCUT2D eigenvalue weighted by Crippen LogP contribution is 2.42. The van der Waals surface area contributed by atoms with Crippen molar-refractivity contribution >= 4 is 13.8 Å². The molecule has 3 unspecified atom stereocenters. The second kappa shape index (κ2) is 6.84. The lowest BCUT2D eigenvalue weighted by Gasteiger charge is -2.42. The van der Waals surface area contributed by atoms with Gasteiger partial charge in [0.1, 0.15) is 0 Å². The van der Waals surface area contributed by atoms with Crippen LogP contribution in [0, 0.1) is 0 Å². The molecule has 0 bridgehead atoms. The monoisotopic (exact) mass is 350 g/mol. The van der Waals surface area contributed by atoms with Crippen LogP contribution in [-0.2, 0) is 18.6 Å². The number of rotatable bonds is 6. The number of likely N-dealkylation sites (tertiary alicyclic amines) is 1. The second-order valence-electron chi connectivity index (χ2n) is 5.17. The van der Waals surface area contributed by atoms with E-state index in [1.807, 2.05) is 0 Å². The Bertz CT molecular complexity index is 454. The zero-order valence-electron chi connectivity index (χ0n) is 12.2. The Morgan fingerprint density at radius 1 is 1.32 bits per heavy atom. The number of carbonyl (C=O) groups is 1. The molecule has 1 saturated heterocycles. The summed E-state index contributed by atoms with van der Waals surface area (Å²) in [6.45, 7) is 3.15. The average Bonchev–Trinajstić information content (AvgIpc) is 2.72. The lowest BCUT2D eigenvalue weighted by molar-refractivity contribution is -0.989. The molecule has 1 aliphatic rings. The minimum atomic E-state index is -5.11. The Hall–Kier alpha value is -0.670. The van der Waals surface area contributed by atoms with Gasteiger partial charge in [-0.3, -0.25) is 4.48 Å². The number of nitrogens with zero attached hydrogens (tertiary/aromatic N) is 1. The molecule has 0 aromatic rings. The molecule has 130 valence electrons. The third-order valence-corrected chi connectivity index (χ3v) is 4.50. The van der Waals surface area contributed by atoms with Crippen LogP contribution < -0.4 is 0 Å². The van der Waals surface area contributed by atoms with Gasteiger partial charge in [-0.25, -0.2) is 13.9 Å². The number of quaternary nitrogens is 1. The van der Waals surface area contributed by atoms with Crippen LogP contribution in [0.15, 0.2) is 0 Å². The number of phosphoric ester groups is 1. The van der Waals surface area contributed by atoms with Crippen LogP contribution in [0.2, 0.25) is 0 Å². The third kappa shape index (κ3) is 4.42. The molecule has 2 N–H and O–H groups in total. The van der Waals surface area contributed by atoms with E-state index in [4.69, 9.17) is 9.79 Å². The van der Waals surface area contributed by atoms with Crippen molar-refractivity contribution in [3.05, 3.63) is 0 Å². The SMILES string of the molecule is CCC1CCC(OC(=O)C(F)(F)F)[N+]1(CC)COP(=O)(O)O. The van der Waals surface area contributed by atoms with Gasteiger partial charge in [0, 0.05) is 12.8 Å². The number of esters is 1. The Kier molecular flexibility index (Phi) is 6.02. The van der Waals surface area contributed by atoms with Crippen LogP contribution in [0.1, 0.15) is 33.1 Å². The summed E-state index contributed by atoms with van der Waals surface area (Å²) >= 11 is 0. The van der Waals surface area contributed by atoms with Crippen LogP contribution in [0.5, 0.6) is 0 Å². The minimum Gasteiger partial charge on any atom is -0.406 e. The van der Waals surface area contributed by atoms with E-state index >= 15 is 0 Å². The highest BCUT2D eigenvalue weighted by Gasteiger charge is 2.53. The topological polar surface area (TPSA) is 93.1 Å². The first kappa shape index (κ1) is 19.4. The van der Waals surface area contributed by atoms with Crippen molar-refractivity contribution in [3.8, 4) is 0 Å². The number of hydrogen-bond donors (Lipinski definition) is 2. The quantitative estimate of drug-likeness (QED) is 0.432. The van der Waals surface area contributed by atoms with Crippen molar-refractivity contribution in [3.63, 3.8) is 0 Å². The molecule has 0 spiro atoms. The summed E-state index contributed by atoms with van der Waals surface area (Å²) in [5.41, 5.74) is 0. The number of carbonyl (C=O) groups excluding carboxylic acids is 1. The van der Waals surface area contributed by atoms with Crippen molar-refractivity contribution in [2.75, 3.05) is 13.3 Å². The van der Waals surface area contributed by atoms with Gasteiger partial charge in [0.15, 0.2) is 6.73 Å². The minimum absolute atomic E-state index is 0.179. The molecule has 0 saturated carbocycles. The fraction of sp³-hybridized carbons (Fsp3) is 0.909. The molecule has 0 aromatic heterocycles. The Labute approximate surface area is 125 Å². The summed E-state index contributed by atoms with van der Waals surface area (Å²) in [6.07, 6.45) is -5.05. The highest BCUT2D eigenvalue weighted by atomic mass is 31.2. The molecule has 0 amide bonds. The van der Waals surface area contributed by atoms with E-state index < -0.39 is 32.9 Å². The summed E-state index contributed by atoms with van der Waals surface area (Å²) in [5.74, 6) is -2.30. The third-order valence-electron chi connectivity index (χ3n) is 4.05. The van der Waals surface area contributed by atoms with Gasteiger partial charge in [-0.15, -0.1) is 0 Å². The number of halogens is 3. The Balaban J connectivity index is 2.98. The predicted molar refractivity (Wildman–Crippen MR) is 68.0 cm³/mol. The van der Waals surface area contributed by atoms with E-state index in [2.05, 4.69) is 9.26 Å².